The molecule has 1 aromatic heterocycles. The van der Waals surface area contributed by atoms with E-state index in [-0.39, 0.29) is 11.6 Å². The van der Waals surface area contributed by atoms with Gasteiger partial charge in [-0.2, -0.15) is 5.10 Å². The molecule has 6 heteroatoms. The molecule has 0 radical (unpaired) electrons. The fraction of sp³-hybridized carbons (Fsp3) is 0.167. The summed E-state index contributed by atoms with van der Waals surface area (Å²) in [6.07, 6.45) is 1.41. The van der Waals surface area contributed by atoms with Crippen molar-refractivity contribution in [2.24, 2.45) is 0 Å². The van der Waals surface area contributed by atoms with E-state index in [9.17, 15) is 4.79 Å². The first-order valence-corrected chi connectivity index (χ1v) is 5.45. The summed E-state index contributed by atoms with van der Waals surface area (Å²) < 4.78 is 0. The third-order valence-electron chi connectivity index (χ3n) is 2.52. The number of nitrogens with one attached hydrogen (secondary N) is 2. The maximum absolute atomic E-state index is 11.9. The van der Waals surface area contributed by atoms with Gasteiger partial charge in [0.05, 0.1) is 11.9 Å². The predicted molar refractivity (Wildman–Crippen MR) is 71.7 cm³/mol. The monoisotopic (exact) mass is 245 g/mol. The van der Waals surface area contributed by atoms with Crippen molar-refractivity contribution in [3.63, 3.8) is 0 Å². The van der Waals surface area contributed by atoms with E-state index in [2.05, 4.69) is 15.5 Å². The number of H-pyrrole nitrogens is 1. The Balaban J connectivity index is 2.17. The minimum Gasteiger partial charge on any atom is -0.396 e. The number of carbonyl (C=O) groups is 1. The van der Waals surface area contributed by atoms with Gasteiger partial charge in [-0.15, -0.1) is 0 Å². The molecule has 0 saturated carbocycles. The van der Waals surface area contributed by atoms with E-state index in [1.54, 1.807) is 0 Å². The van der Waals surface area contributed by atoms with Crippen molar-refractivity contribution in [3.8, 4) is 0 Å². The van der Waals surface area contributed by atoms with E-state index in [1.807, 2.05) is 43.3 Å². The Morgan fingerprint density at radius 2 is 2.22 bits per heavy atom. The first-order chi connectivity index (χ1) is 8.58. The minimum atomic E-state index is -0.305. The van der Waals surface area contributed by atoms with Crippen molar-refractivity contribution in [3.05, 3.63) is 36.2 Å². The van der Waals surface area contributed by atoms with Gasteiger partial charge < -0.3 is 16.0 Å². The Kier molecular flexibility index (Phi) is 3.18. The van der Waals surface area contributed by atoms with E-state index < -0.39 is 0 Å². The van der Waals surface area contributed by atoms with Gasteiger partial charge in [-0.05, 0) is 18.2 Å². The Morgan fingerprint density at radius 3 is 2.83 bits per heavy atom. The molecule has 0 atom stereocenters. The zero-order valence-electron chi connectivity index (χ0n) is 10.3. The molecule has 94 valence electrons. The van der Waals surface area contributed by atoms with Crippen LogP contribution < -0.4 is 16.0 Å². The van der Waals surface area contributed by atoms with Crippen molar-refractivity contribution >= 4 is 23.0 Å². The number of aromatic nitrogens is 2. The smallest absolute Gasteiger partial charge is 0.275 e. The van der Waals surface area contributed by atoms with E-state index in [4.69, 9.17) is 5.73 Å². The summed E-state index contributed by atoms with van der Waals surface area (Å²) in [5.74, 6) is -0.305. The summed E-state index contributed by atoms with van der Waals surface area (Å²) in [5, 5.41) is 9.04. The molecule has 1 amide bonds. The molecular formula is C12H15N5O. The second-order valence-corrected chi connectivity index (χ2v) is 4.10. The molecule has 2 aromatic rings. The Bertz CT molecular complexity index is 561. The molecule has 0 bridgehead atoms. The first-order valence-electron chi connectivity index (χ1n) is 5.45. The highest BCUT2D eigenvalue weighted by Gasteiger charge is 2.11. The molecule has 1 aromatic carbocycles. The molecule has 0 spiro atoms. The first kappa shape index (κ1) is 12.0. The lowest BCUT2D eigenvalue weighted by atomic mass is 10.2. The molecule has 2 rings (SSSR count). The number of carbonyl (C=O) groups excluding carboxylic acids is 1. The number of benzene rings is 1. The standard InChI is InChI=1S/C12H15N5O/c1-17(2)9-5-3-4-8(6-9)15-12(18)11-10(13)7-14-16-11/h3-7H,13H2,1-2H3,(H,14,16)(H,15,18). The van der Waals surface area contributed by atoms with Crippen molar-refractivity contribution in [2.45, 2.75) is 0 Å². The number of anilines is 3. The summed E-state index contributed by atoms with van der Waals surface area (Å²) in [5.41, 5.74) is 7.92. The fourth-order valence-electron chi connectivity index (χ4n) is 1.53. The number of nitrogen functional groups attached to an aromatic ring is 1. The Labute approximate surface area is 105 Å². The number of nitrogens with zero attached hydrogens (tertiary/aromatic N) is 2. The van der Waals surface area contributed by atoms with Gasteiger partial charge >= 0.3 is 0 Å². The number of amides is 1. The van der Waals surface area contributed by atoms with Crippen molar-refractivity contribution in [1.29, 1.82) is 0 Å². The molecule has 6 nitrogen and oxygen atoms in total. The molecule has 18 heavy (non-hydrogen) atoms. The Morgan fingerprint density at radius 1 is 1.44 bits per heavy atom. The van der Waals surface area contributed by atoms with Gasteiger partial charge in [-0.1, -0.05) is 6.07 Å². The third kappa shape index (κ3) is 2.42. The van der Waals surface area contributed by atoms with Gasteiger partial charge in [0.25, 0.3) is 5.91 Å². The number of rotatable bonds is 3. The van der Waals surface area contributed by atoms with E-state index >= 15 is 0 Å². The molecule has 0 fully saturated rings. The summed E-state index contributed by atoms with van der Waals surface area (Å²) in [7, 11) is 3.88. The van der Waals surface area contributed by atoms with Gasteiger partial charge in [-0.3, -0.25) is 9.89 Å². The highest BCUT2D eigenvalue weighted by atomic mass is 16.1. The summed E-state index contributed by atoms with van der Waals surface area (Å²) in [6, 6.07) is 7.53. The van der Waals surface area contributed by atoms with Crippen LogP contribution in [-0.4, -0.2) is 30.2 Å². The minimum absolute atomic E-state index is 0.269. The van der Waals surface area contributed by atoms with Crippen molar-refractivity contribution < 1.29 is 4.79 Å². The van der Waals surface area contributed by atoms with Crippen molar-refractivity contribution in [1.82, 2.24) is 10.2 Å². The molecule has 0 saturated heterocycles. The third-order valence-corrected chi connectivity index (χ3v) is 2.52. The van der Waals surface area contributed by atoms with Crippen LogP contribution in [0.4, 0.5) is 17.1 Å². The van der Waals surface area contributed by atoms with Crippen LogP contribution in [0, 0.1) is 0 Å². The van der Waals surface area contributed by atoms with Gasteiger partial charge in [0, 0.05) is 25.5 Å². The van der Waals surface area contributed by atoms with E-state index in [1.165, 1.54) is 6.20 Å². The molecule has 4 N–H and O–H groups in total. The second-order valence-electron chi connectivity index (χ2n) is 4.10. The summed E-state index contributed by atoms with van der Waals surface area (Å²) in [4.78, 5) is 13.9. The number of hydrogen-bond donors (Lipinski definition) is 3. The van der Waals surface area contributed by atoms with E-state index in [0.29, 0.717) is 11.4 Å². The van der Waals surface area contributed by atoms with Gasteiger partial charge in [-0.25, -0.2) is 0 Å². The lowest BCUT2D eigenvalue weighted by Crippen LogP contribution is -2.15. The maximum atomic E-state index is 11.9. The van der Waals surface area contributed by atoms with Crippen LogP contribution in [0.5, 0.6) is 0 Å². The van der Waals surface area contributed by atoms with Crippen LogP contribution in [0.25, 0.3) is 0 Å². The van der Waals surface area contributed by atoms with Crippen molar-refractivity contribution in [2.75, 3.05) is 30.0 Å². The SMILES string of the molecule is CN(C)c1cccc(NC(=O)c2[nH]ncc2N)c1. The summed E-state index contributed by atoms with van der Waals surface area (Å²) >= 11 is 0. The van der Waals surface area contributed by atoms with Gasteiger partial charge in [0.1, 0.15) is 5.69 Å². The predicted octanol–water partition coefficient (Wildman–Crippen LogP) is 1.31. The molecular weight excluding hydrogens is 230 g/mol. The summed E-state index contributed by atoms with van der Waals surface area (Å²) in [6.45, 7) is 0. The van der Waals surface area contributed by atoms with Gasteiger partial charge in [0.2, 0.25) is 0 Å². The van der Waals surface area contributed by atoms with Crippen LogP contribution in [0.1, 0.15) is 10.5 Å². The van der Waals surface area contributed by atoms with Crippen LogP contribution in [0.3, 0.4) is 0 Å². The number of aromatic amines is 1. The zero-order valence-corrected chi connectivity index (χ0v) is 10.3. The molecule has 0 aliphatic rings. The number of hydrogen-bond acceptors (Lipinski definition) is 4. The van der Waals surface area contributed by atoms with Crippen LogP contribution in [0.15, 0.2) is 30.5 Å². The van der Waals surface area contributed by atoms with Crippen LogP contribution >= 0.6 is 0 Å². The van der Waals surface area contributed by atoms with E-state index in [0.717, 1.165) is 5.69 Å². The largest absolute Gasteiger partial charge is 0.396 e. The maximum Gasteiger partial charge on any atom is 0.275 e. The van der Waals surface area contributed by atoms with Crippen LogP contribution in [-0.2, 0) is 0 Å². The molecule has 1 heterocycles. The van der Waals surface area contributed by atoms with Crippen LogP contribution in [0.2, 0.25) is 0 Å². The lowest BCUT2D eigenvalue weighted by molar-refractivity contribution is 0.102. The average Bonchev–Trinajstić information content (AvgIpc) is 2.76. The average molecular weight is 245 g/mol. The quantitative estimate of drug-likeness (QED) is 0.761. The molecule has 0 unspecified atom stereocenters. The lowest BCUT2D eigenvalue weighted by Gasteiger charge is -2.13. The number of nitrogens with two attached hydrogens (primary N) is 1. The normalized spacial score (nSPS) is 10.1. The topological polar surface area (TPSA) is 87.0 Å². The molecule has 0 aliphatic heterocycles. The Hall–Kier alpha value is -2.50. The second kappa shape index (κ2) is 4.79. The highest BCUT2D eigenvalue weighted by molar-refractivity contribution is 6.06. The highest BCUT2D eigenvalue weighted by Crippen LogP contribution is 2.18. The molecule has 0 aliphatic carbocycles. The fourth-order valence-corrected chi connectivity index (χ4v) is 1.53. The van der Waals surface area contributed by atoms with Gasteiger partial charge in [0.15, 0.2) is 0 Å². The zero-order chi connectivity index (χ0) is 13.1.